The molecule has 0 aromatic rings. The third-order valence-electron chi connectivity index (χ3n) is 7.37. The van der Waals surface area contributed by atoms with Crippen LogP contribution in [0.2, 0.25) is 0 Å². The lowest BCUT2D eigenvalue weighted by Crippen LogP contribution is -2.30. The Morgan fingerprint density at radius 1 is 0.600 bits per heavy atom. The van der Waals surface area contributed by atoms with E-state index in [1.165, 1.54) is 28.7 Å². The smallest absolute Gasteiger partial charge is 0.310 e. The number of rotatable bonds is 23. The third-order valence-corrected chi connectivity index (χ3v) is 7.37. The lowest BCUT2D eigenvalue weighted by molar-refractivity contribution is -0.149. The summed E-state index contributed by atoms with van der Waals surface area (Å²) in [5, 5.41) is 10.5. The van der Waals surface area contributed by atoms with Gasteiger partial charge in [0.05, 0.1) is 5.41 Å². The van der Waals surface area contributed by atoms with Crippen molar-refractivity contribution in [1.29, 1.82) is 0 Å². The van der Waals surface area contributed by atoms with E-state index in [0.29, 0.717) is 12.8 Å². The van der Waals surface area contributed by atoms with Crippen LogP contribution in [0.25, 0.3) is 0 Å². The van der Waals surface area contributed by atoms with Crippen molar-refractivity contribution in [3.05, 3.63) is 83.1 Å². The molecule has 0 aliphatic heterocycles. The largest absolute Gasteiger partial charge is 0.481 e. The van der Waals surface area contributed by atoms with Gasteiger partial charge >= 0.3 is 5.97 Å². The van der Waals surface area contributed by atoms with Crippen LogP contribution in [-0.2, 0) is 4.79 Å². The highest BCUT2D eigenvalue weighted by molar-refractivity contribution is 5.75. The highest BCUT2D eigenvalue weighted by atomic mass is 16.4. The van der Waals surface area contributed by atoms with Crippen LogP contribution in [0.3, 0.4) is 0 Å². The van der Waals surface area contributed by atoms with Crippen LogP contribution < -0.4 is 0 Å². The molecular weight excluding hydrogens is 488 g/mol. The van der Waals surface area contributed by atoms with Gasteiger partial charge in [-0.3, -0.25) is 4.79 Å². The number of carbonyl (C=O) groups is 1. The maximum absolute atomic E-state index is 12.7. The van der Waals surface area contributed by atoms with Gasteiger partial charge in [-0.1, -0.05) is 109 Å². The molecule has 40 heavy (non-hydrogen) atoms. The summed E-state index contributed by atoms with van der Waals surface area (Å²) in [6, 6.07) is 0. The predicted octanol–water partition coefficient (Wildman–Crippen LogP) is 12.4. The predicted molar refractivity (Wildman–Crippen MR) is 179 cm³/mol. The molecule has 0 atom stereocenters. The first-order chi connectivity index (χ1) is 19.1. The molecule has 0 radical (unpaired) electrons. The monoisotopic (exact) mass is 550 g/mol. The standard InChI is InChI=1S/C38H62O2/c1-8-9-10-11-12-13-14-15-16-17-18-19-20-21-30-38(37(39)40,31-28-35(6)26-22-24-33(2)3)32-29-36(7)27-23-25-34(4)5/h9-10,12-13,15-16,24-25,28-29H,8,11,14,17-23,26-27,30-32H2,1-7H3,(H,39,40). The molecule has 0 bridgehead atoms. The first-order valence-corrected chi connectivity index (χ1v) is 15.9. The summed E-state index contributed by atoms with van der Waals surface area (Å²) in [5.41, 5.74) is 4.56. The van der Waals surface area contributed by atoms with Crippen molar-refractivity contribution in [3.8, 4) is 0 Å². The minimum absolute atomic E-state index is 0.616. The summed E-state index contributed by atoms with van der Waals surface area (Å²) in [6.45, 7) is 15.0. The first kappa shape index (κ1) is 37.6. The molecule has 1 N–H and O–H groups in total. The van der Waals surface area contributed by atoms with Crippen molar-refractivity contribution in [3.63, 3.8) is 0 Å². The first-order valence-electron chi connectivity index (χ1n) is 15.9. The Labute approximate surface area is 248 Å². The van der Waals surface area contributed by atoms with Gasteiger partial charge in [-0.15, -0.1) is 0 Å². The average molecular weight is 551 g/mol. The van der Waals surface area contributed by atoms with E-state index >= 15 is 0 Å². The van der Waals surface area contributed by atoms with Crippen molar-refractivity contribution in [2.75, 3.05) is 0 Å². The zero-order valence-electron chi connectivity index (χ0n) is 27.2. The minimum atomic E-state index is -0.714. The van der Waals surface area contributed by atoms with Gasteiger partial charge in [0, 0.05) is 0 Å². The molecule has 0 unspecified atom stereocenters. The minimum Gasteiger partial charge on any atom is -0.481 e. The molecule has 0 amide bonds. The summed E-state index contributed by atoms with van der Waals surface area (Å²) < 4.78 is 0. The van der Waals surface area contributed by atoms with E-state index in [1.54, 1.807) is 0 Å². The second kappa shape index (κ2) is 24.4. The molecule has 0 fully saturated rings. The molecule has 226 valence electrons. The summed E-state index contributed by atoms with van der Waals surface area (Å²) in [6.07, 6.45) is 37.0. The number of aliphatic carboxylic acids is 1. The summed E-state index contributed by atoms with van der Waals surface area (Å²) in [4.78, 5) is 12.7. The molecule has 0 heterocycles. The number of carboxylic acids is 1. The van der Waals surface area contributed by atoms with Gasteiger partial charge in [-0.05, 0) is 119 Å². The topological polar surface area (TPSA) is 37.3 Å². The van der Waals surface area contributed by atoms with Gasteiger partial charge in [0.15, 0.2) is 0 Å². The van der Waals surface area contributed by atoms with E-state index in [4.69, 9.17) is 0 Å². The highest BCUT2D eigenvalue weighted by Crippen LogP contribution is 2.36. The van der Waals surface area contributed by atoms with E-state index < -0.39 is 11.4 Å². The average Bonchev–Trinajstić information content (AvgIpc) is 2.89. The molecule has 0 aliphatic carbocycles. The van der Waals surface area contributed by atoms with Crippen molar-refractivity contribution in [2.45, 2.75) is 145 Å². The van der Waals surface area contributed by atoms with Crippen LogP contribution in [0.5, 0.6) is 0 Å². The maximum Gasteiger partial charge on any atom is 0.310 e. The van der Waals surface area contributed by atoms with Gasteiger partial charge in [0.2, 0.25) is 0 Å². The van der Waals surface area contributed by atoms with Crippen LogP contribution in [0.15, 0.2) is 83.1 Å². The Kier molecular flexibility index (Phi) is 23.0. The quantitative estimate of drug-likeness (QED) is 0.101. The third kappa shape index (κ3) is 21.5. The van der Waals surface area contributed by atoms with Gasteiger partial charge < -0.3 is 5.11 Å². The Balaban J connectivity index is 4.99. The zero-order chi connectivity index (χ0) is 30.1. The molecule has 0 spiro atoms. The fraction of sp³-hybridized carbons (Fsp3) is 0.605. The fourth-order valence-corrected chi connectivity index (χ4v) is 4.60. The Bertz CT molecular complexity index is 840. The van der Waals surface area contributed by atoms with Crippen LogP contribution in [-0.4, -0.2) is 11.1 Å². The summed E-state index contributed by atoms with van der Waals surface area (Å²) in [7, 11) is 0. The van der Waals surface area contributed by atoms with Gasteiger partial charge in [-0.2, -0.15) is 0 Å². The number of carboxylic acid groups (broad SMARTS) is 1. The number of allylic oxidation sites excluding steroid dienone is 14. The molecule has 0 aromatic heterocycles. The van der Waals surface area contributed by atoms with Crippen molar-refractivity contribution < 1.29 is 9.90 Å². The van der Waals surface area contributed by atoms with Gasteiger partial charge in [0.25, 0.3) is 0 Å². The second-order valence-electron chi connectivity index (χ2n) is 12.0. The molecule has 0 aromatic carbocycles. The molecule has 0 aliphatic rings. The molecule has 0 saturated heterocycles. The second-order valence-corrected chi connectivity index (χ2v) is 12.0. The summed E-state index contributed by atoms with van der Waals surface area (Å²) >= 11 is 0. The number of hydrogen-bond acceptors (Lipinski definition) is 1. The highest BCUT2D eigenvalue weighted by Gasteiger charge is 2.36. The summed E-state index contributed by atoms with van der Waals surface area (Å²) in [5.74, 6) is -0.643. The van der Waals surface area contributed by atoms with Crippen molar-refractivity contribution >= 4 is 5.97 Å². The lowest BCUT2D eigenvalue weighted by Gasteiger charge is -2.28. The fourth-order valence-electron chi connectivity index (χ4n) is 4.60. The van der Waals surface area contributed by atoms with E-state index in [-0.39, 0.29) is 0 Å². The van der Waals surface area contributed by atoms with E-state index in [1.807, 2.05) is 0 Å². The van der Waals surface area contributed by atoms with E-state index in [9.17, 15) is 9.90 Å². The van der Waals surface area contributed by atoms with Crippen LogP contribution >= 0.6 is 0 Å². The van der Waals surface area contributed by atoms with Gasteiger partial charge in [-0.25, -0.2) is 0 Å². The van der Waals surface area contributed by atoms with E-state index in [0.717, 1.165) is 77.0 Å². The van der Waals surface area contributed by atoms with Crippen molar-refractivity contribution in [1.82, 2.24) is 0 Å². The molecule has 0 saturated carbocycles. The Morgan fingerprint density at radius 2 is 1.07 bits per heavy atom. The molecule has 2 heteroatoms. The number of hydrogen-bond donors (Lipinski definition) is 1. The maximum atomic E-state index is 12.7. The van der Waals surface area contributed by atoms with Gasteiger partial charge in [0.1, 0.15) is 0 Å². The molecule has 0 rings (SSSR count). The molecular formula is C38H62O2. The Morgan fingerprint density at radius 3 is 1.55 bits per heavy atom. The van der Waals surface area contributed by atoms with Crippen LogP contribution in [0.1, 0.15) is 145 Å². The SMILES string of the molecule is CCC=CCC=CCC=CCCCCCCC(CC=C(C)CCC=C(C)C)(CC=C(C)CCC=C(C)C)C(=O)O. The lowest BCUT2D eigenvalue weighted by atomic mass is 9.75. The Hall–Kier alpha value is -2.35. The van der Waals surface area contributed by atoms with Crippen LogP contribution in [0, 0.1) is 5.41 Å². The van der Waals surface area contributed by atoms with Crippen molar-refractivity contribution in [2.24, 2.45) is 5.41 Å². The molecule has 2 nitrogen and oxygen atoms in total. The van der Waals surface area contributed by atoms with Crippen LogP contribution in [0.4, 0.5) is 0 Å². The normalized spacial score (nSPS) is 14.3. The number of unbranched alkanes of at least 4 members (excludes halogenated alkanes) is 4. The van der Waals surface area contributed by atoms with E-state index in [2.05, 4.69) is 109 Å². The zero-order valence-corrected chi connectivity index (χ0v) is 27.2.